The maximum Gasteiger partial charge on any atom is 0.161 e. The standard InChI is InChI=1S/C14H18O3/c1-11(2)10-17-14-9-12(5-4-8-15)6-7-13(14)16-3/h4-9,11H,10H2,1-3H3. The van der Waals surface area contributed by atoms with Gasteiger partial charge in [0.15, 0.2) is 11.5 Å². The van der Waals surface area contributed by atoms with Gasteiger partial charge in [-0.1, -0.05) is 26.0 Å². The number of allylic oxidation sites excluding steroid dienone is 1. The SMILES string of the molecule is COc1ccc(C=CC=O)cc1OCC(C)C. The second kappa shape index (κ2) is 6.74. The van der Waals surface area contributed by atoms with E-state index in [4.69, 9.17) is 9.47 Å². The van der Waals surface area contributed by atoms with Gasteiger partial charge in [0.2, 0.25) is 0 Å². The van der Waals surface area contributed by atoms with Crippen LogP contribution in [0.15, 0.2) is 24.3 Å². The zero-order chi connectivity index (χ0) is 12.7. The lowest BCUT2D eigenvalue weighted by molar-refractivity contribution is -0.104. The molecule has 3 nitrogen and oxygen atoms in total. The van der Waals surface area contributed by atoms with Crippen LogP contribution in [0, 0.1) is 5.92 Å². The quantitative estimate of drug-likeness (QED) is 0.560. The minimum absolute atomic E-state index is 0.453. The molecule has 0 saturated heterocycles. The lowest BCUT2D eigenvalue weighted by Gasteiger charge is -2.12. The third kappa shape index (κ3) is 4.31. The monoisotopic (exact) mass is 234 g/mol. The molecule has 17 heavy (non-hydrogen) atoms. The van der Waals surface area contributed by atoms with Crippen LogP contribution < -0.4 is 9.47 Å². The van der Waals surface area contributed by atoms with Gasteiger partial charge in [-0.2, -0.15) is 0 Å². The number of ether oxygens (including phenoxy) is 2. The summed E-state index contributed by atoms with van der Waals surface area (Å²) < 4.78 is 10.9. The molecule has 0 atom stereocenters. The number of methoxy groups -OCH3 is 1. The average molecular weight is 234 g/mol. The summed E-state index contributed by atoms with van der Waals surface area (Å²) in [5.74, 6) is 1.86. The molecule has 0 bridgehead atoms. The smallest absolute Gasteiger partial charge is 0.161 e. The summed E-state index contributed by atoms with van der Waals surface area (Å²) in [5.41, 5.74) is 0.914. The van der Waals surface area contributed by atoms with E-state index in [0.29, 0.717) is 24.0 Å². The highest BCUT2D eigenvalue weighted by Crippen LogP contribution is 2.28. The van der Waals surface area contributed by atoms with Crippen LogP contribution in [0.5, 0.6) is 11.5 Å². The zero-order valence-electron chi connectivity index (χ0n) is 10.5. The molecule has 0 spiro atoms. The second-order valence-electron chi connectivity index (χ2n) is 4.11. The van der Waals surface area contributed by atoms with E-state index in [0.717, 1.165) is 11.8 Å². The van der Waals surface area contributed by atoms with E-state index >= 15 is 0 Å². The number of aldehydes is 1. The molecule has 0 N–H and O–H groups in total. The molecule has 0 radical (unpaired) electrons. The molecular weight excluding hydrogens is 216 g/mol. The van der Waals surface area contributed by atoms with Crippen LogP contribution >= 0.6 is 0 Å². The lowest BCUT2D eigenvalue weighted by Crippen LogP contribution is -2.05. The third-order valence-electron chi connectivity index (χ3n) is 2.13. The van der Waals surface area contributed by atoms with Gasteiger partial charge in [-0.05, 0) is 29.7 Å². The Morgan fingerprint density at radius 3 is 2.65 bits per heavy atom. The predicted molar refractivity (Wildman–Crippen MR) is 68.4 cm³/mol. The summed E-state index contributed by atoms with van der Waals surface area (Å²) in [7, 11) is 1.61. The maximum absolute atomic E-state index is 10.3. The minimum atomic E-state index is 0.453. The van der Waals surface area contributed by atoms with Crippen molar-refractivity contribution in [1.82, 2.24) is 0 Å². The molecule has 0 fully saturated rings. The highest BCUT2D eigenvalue weighted by atomic mass is 16.5. The molecule has 0 amide bonds. The molecule has 1 aromatic rings. The summed E-state index contributed by atoms with van der Waals surface area (Å²) in [5, 5.41) is 0. The van der Waals surface area contributed by atoms with E-state index in [1.165, 1.54) is 6.08 Å². The van der Waals surface area contributed by atoms with Gasteiger partial charge in [0.25, 0.3) is 0 Å². The summed E-state index contributed by atoms with van der Waals surface area (Å²) >= 11 is 0. The van der Waals surface area contributed by atoms with Gasteiger partial charge in [-0.3, -0.25) is 4.79 Å². The normalized spacial score (nSPS) is 10.8. The molecule has 92 valence electrons. The Kier molecular flexibility index (Phi) is 5.27. The molecule has 0 aliphatic heterocycles. The van der Waals surface area contributed by atoms with Crippen molar-refractivity contribution in [2.24, 2.45) is 5.92 Å². The molecule has 3 heteroatoms. The number of rotatable bonds is 6. The molecule has 0 heterocycles. The number of benzene rings is 1. The van der Waals surface area contributed by atoms with Gasteiger partial charge in [0.05, 0.1) is 13.7 Å². The molecule has 0 aliphatic carbocycles. The van der Waals surface area contributed by atoms with Crippen molar-refractivity contribution in [2.75, 3.05) is 13.7 Å². The van der Waals surface area contributed by atoms with E-state index in [-0.39, 0.29) is 0 Å². The van der Waals surface area contributed by atoms with E-state index in [9.17, 15) is 4.79 Å². The minimum Gasteiger partial charge on any atom is -0.493 e. The summed E-state index contributed by atoms with van der Waals surface area (Å²) in [4.78, 5) is 10.3. The van der Waals surface area contributed by atoms with E-state index in [1.807, 2.05) is 18.2 Å². The fourth-order valence-electron chi connectivity index (χ4n) is 1.32. The van der Waals surface area contributed by atoms with Crippen LogP contribution in [0.4, 0.5) is 0 Å². The molecule has 1 rings (SSSR count). The first-order valence-electron chi connectivity index (χ1n) is 5.60. The maximum atomic E-state index is 10.3. The molecule has 0 saturated carbocycles. The number of hydrogen-bond donors (Lipinski definition) is 0. The molecule has 0 unspecified atom stereocenters. The van der Waals surface area contributed by atoms with Crippen molar-refractivity contribution in [1.29, 1.82) is 0 Å². The first-order valence-corrected chi connectivity index (χ1v) is 5.60. The first-order chi connectivity index (χ1) is 8.17. The molecule has 0 aliphatic rings. The molecule has 1 aromatic carbocycles. The van der Waals surface area contributed by atoms with Crippen molar-refractivity contribution in [3.8, 4) is 11.5 Å². The van der Waals surface area contributed by atoms with Crippen LogP contribution in [0.2, 0.25) is 0 Å². The Bertz CT molecular complexity index is 394. The Morgan fingerprint density at radius 2 is 2.06 bits per heavy atom. The summed E-state index contributed by atoms with van der Waals surface area (Å²) in [6.45, 7) is 4.81. The van der Waals surface area contributed by atoms with E-state index < -0.39 is 0 Å². The Morgan fingerprint density at radius 1 is 1.29 bits per heavy atom. The Labute approximate surface area is 102 Å². The first kappa shape index (κ1) is 13.3. The van der Waals surface area contributed by atoms with Gasteiger partial charge in [-0.25, -0.2) is 0 Å². The predicted octanol–water partition coefficient (Wildman–Crippen LogP) is 2.94. The average Bonchev–Trinajstić information content (AvgIpc) is 2.33. The number of carbonyl (C=O) groups excluding carboxylic acids is 1. The summed E-state index contributed by atoms with van der Waals surface area (Å²) in [6.07, 6.45) is 3.93. The van der Waals surface area contributed by atoms with Crippen molar-refractivity contribution >= 4 is 12.4 Å². The fourth-order valence-corrected chi connectivity index (χ4v) is 1.32. The van der Waals surface area contributed by atoms with E-state index in [1.54, 1.807) is 13.2 Å². The number of carbonyl (C=O) groups is 1. The topological polar surface area (TPSA) is 35.5 Å². The fraction of sp³-hybridized carbons (Fsp3) is 0.357. The van der Waals surface area contributed by atoms with Gasteiger partial charge >= 0.3 is 0 Å². The van der Waals surface area contributed by atoms with Crippen LogP contribution in [0.1, 0.15) is 19.4 Å². The Hall–Kier alpha value is -1.77. The summed E-state index contributed by atoms with van der Waals surface area (Å²) in [6, 6.07) is 5.57. The van der Waals surface area contributed by atoms with Crippen molar-refractivity contribution in [3.63, 3.8) is 0 Å². The largest absolute Gasteiger partial charge is 0.493 e. The highest BCUT2D eigenvalue weighted by Gasteiger charge is 2.05. The van der Waals surface area contributed by atoms with Gasteiger partial charge in [-0.15, -0.1) is 0 Å². The van der Waals surface area contributed by atoms with Crippen molar-refractivity contribution in [3.05, 3.63) is 29.8 Å². The highest BCUT2D eigenvalue weighted by molar-refractivity contribution is 5.74. The number of hydrogen-bond acceptors (Lipinski definition) is 3. The zero-order valence-corrected chi connectivity index (χ0v) is 10.5. The van der Waals surface area contributed by atoms with Crippen molar-refractivity contribution < 1.29 is 14.3 Å². The molecular formula is C14H18O3. The van der Waals surface area contributed by atoms with Crippen molar-refractivity contribution in [2.45, 2.75) is 13.8 Å². The lowest BCUT2D eigenvalue weighted by atomic mass is 10.2. The van der Waals surface area contributed by atoms with Gasteiger partial charge < -0.3 is 9.47 Å². The van der Waals surface area contributed by atoms with E-state index in [2.05, 4.69) is 13.8 Å². The Balaban J connectivity index is 2.89. The van der Waals surface area contributed by atoms with Gasteiger partial charge in [0.1, 0.15) is 6.29 Å². The van der Waals surface area contributed by atoms with Crippen LogP contribution in [0.3, 0.4) is 0 Å². The van der Waals surface area contributed by atoms with Crippen LogP contribution in [-0.2, 0) is 4.79 Å². The molecule has 0 aromatic heterocycles. The third-order valence-corrected chi connectivity index (χ3v) is 2.13. The van der Waals surface area contributed by atoms with Crippen LogP contribution in [0.25, 0.3) is 6.08 Å². The second-order valence-corrected chi connectivity index (χ2v) is 4.11. The van der Waals surface area contributed by atoms with Crippen LogP contribution in [-0.4, -0.2) is 20.0 Å². The van der Waals surface area contributed by atoms with Gasteiger partial charge in [0, 0.05) is 0 Å².